The molecule has 1 unspecified atom stereocenters. The molecule has 0 aliphatic heterocycles. The monoisotopic (exact) mass is 250 g/mol. The zero-order valence-corrected chi connectivity index (χ0v) is 12.1. The van der Waals surface area contributed by atoms with Crippen LogP contribution in [0.4, 0.5) is 0 Å². The van der Waals surface area contributed by atoms with Crippen LogP contribution in [0.1, 0.15) is 55.7 Å². The second kappa shape index (κ2) is 6.86. The lowest BCUT2D eigenvalue weighted by Gasteiger charge is -2.17. The molecule has 0 amide bonds. The summed E-state index contributed by atoms with van der Waals surface area (Å²) in [6.07, 6.45) is 7.84. The maximum Gasteiger partial charge on any atom is 0.0443 e. The lowest BCUT2D eigenvalue weighted by molar-refractivity contribution is 0.673. The topological polar surface area (TPSA) is 0 Å². The van der Waals surface area contributed by atoms with Gasteiger partial charge in [0.15, 0.2) is 0 Å². The van der Waals surface area contributed by atoms with E-state index in [1.807, 2.05) is 0 Å². The van der Waals surface area contributed by atoms with Crippen molar-refractivity contribution < 1.29 is 0 Å². The molecule has 0 saturated carbocycles. The zero-order chi connectivity index (χ0) is 12.8. The second-order valence-electron chi connectivity index (χ2n) is 4.68. The van der Waals surface area contributed by atoms with Crippen LogP contribution in [-0.4, -0.2) is 0 Å². The summed E-state index contributed by atoms with van der Waals surface area (Å²) in [6.45, 7) is 8.67. The van der Waals surface area contributed by atoms with Crippen LogP contribution in [0.15, 0.2) is 24.3 Å². The van der Waals surface area contributed by atoms with Crippen molar-refractivity contribution in [3.05, 3.63) is 46.0 Å². The highest BCUT2D eigenvalue weighted by Crippen LogP contribution is 2.32. The number of allylic oxidation sites excluding steroid dienone is 2. The minimum Gasteiger partial charge on any atom is -0.0888 e. The third-order valence-electron chi connectivity index (χ3n) is 3.37. The number of hydrogen-bond acceptors (Lipinski definition) is 0. The number of halogens is 1. The van der Waals surface area contributed by atoms with Crippen molar-refractivity contribution in [1.82, 2.24) is 0 Å². The average molecular weight is 251 g/mol. The standard InChI is InChI=1S/C16H23Cl/c1-5-7-8-9-14(6-2)15-10-12(3)13(4)11-16(15)17/h7-8,10-11,14H,5-6,9H2,1-4H3/b8-7-. The van der Waals surface area contributed by atoms with Crippen LogP contribution >= 0.6 is 11.6 Å². The van der Waals surface area contributed by atoms with Gasteiger partial charge in [-0.25, -0.2) is 0 Å². The van der Waals surface area contributed by atoms with Crippen molar-refractivity contribution in [3.63, 3.8) is 0 Å². The van der Waals surface area contributed by atoms with E-state index >= 15 is 0 Å². The summed E-state index contributed by atoms with van der Waals surface area (Å²) >= 11 is 6.36. The van der Waals surface area contributed by atoms with Gasteiger partial charge in [0.1, 0.15) is 0 Å². The molecular formula is C16H23Cl. The molecule has 0 saturated heterocycles. The predicted molar refractivity (Wildman–Crippen MR) is 78.0 cm³/mol. The van der Waals surface area contributed by atoms with Gasteiger partial charge in [-0.3, -0.25) is 0 Å². The first kappa shape index (κ1) is 14.3. The van der Waals surface area contributed by atoms with Gasteiger partial charge >= 0.3 is 0 Å². The van der Waals surface area contributed by atoms with Crippen LogP contribution in [-0.2, 0) is 0 Å². The van der Waals surface area contributed by atoms with Crippen LogP contribution in [0, 0.1) is 13.8 Å². The van der Waals surface area contributed by atoms with Gasteiger partial charge in [-0.05, 0) is 61.8 Å². The van der Waals surface area contributed by atoms with E-state index in [1.54, 1.807) is 0 Å². The molecule has 1 heteroatoms. The third kappa shape index (κ3) is 3.89. The van der Waals surface area contributed by atoms with Crippen molar-refractivity contribution in [2.45, 2.75) is 52.9 Å². The van der Waals surface area contributed by atoms with E-state index in [2.05, 4.69) is 52.0 Å². The molecule has 1 rings (SSSR count). The van der Waals surface area contributed by atoms with E-state index in [0.29, 0.717) is 5.92 Å². The highest BCUT2D eigenvalue weighted by molar-refractivity contribution is 6.31. The molecule has 0 aliphatic carbocycles. The summed E-state index contributed by atoms with van der Waals surface area (Å²) in [4.78, 5) is 0. The number of rotatable bonds is 5. The summed E-state index contributed by atoms with van der Waals surface area (Å²) in [5, 5.41) is 0.921. The van der Waals surface area contributed by atoms with Gasteiger partial charge < -0.3 is 0 Å². The minimum absolute atomic E-state index is 0.546. The molecule has 1 aromatic rings. The SMILES string of the molecule is CC/C=C\CC(CC)c1cc(C)c(C)cc1Cl. The van der Waals surface area contributed by atoms with Crippen LogP contribution in [0.25, 0.3) is 0 Å². The van der Waals surface area contributed by atoms with E-state index in [1.165, 1.54) is 16.7 Å². The van der Waals surface area contributed by atoms with Crippen molar-refractivity contribution in [2.75, 3.05) is 0 Å². The zero-order valence-electron chi connectivity index (χ0n) is 11.4. The van der Waals surface area contributed by atoms with Gasteiger partial charge in [-0.2, -0.15) is 0 Å². The molecule has 1 atom stereocenters. The lowest BCUT2D eigenvalue weighted by Crippen LogP contribution is -1.99. The Bertz CT molecular complexity index is 391. The first-order valence-electron chi connectivity index (χ1n) is 6.51. The molecule has 1 aromatic carbocycles. The van der Waals surface area contributed by atoms with Gasteiger partial charge in [-0.15, -0.1) is 0 Å². The Morgan fingerprint density at radius 1 is 1.12 bits per heavy atom. The molecule has 0 nitrogen and oxygen atoms in total. The fourth-order valence-corrected chi connectivity index (χ4v) is 2.43. The smallest absolute Gasteiger partial charge is 0.0443 e. The van der Waals surface area contributed by atoms with Gasteiger partial charge in [0.25, 0.3) is 0 Å². The third-order valence-corrected chi connectivity index (χ3v) is 3.70. The van der Waals surface area contributed by atoms with Gasteiger partial charge in [0, 0.05) is 5.02 Å². The van der Waals surface area contributed by atoms with Gasteiger partial charge in [0.05, 0.1) is 0 Å². The number of hydrogen-bond donors (Lipinski definition) is 0. The Kier molecular flexibility index (Phi) is 5.77. The second-order valence-corrected chi connectivity index (χ2v) is 5.09. The molecule has 0 aliphatic rings. The Balaban J connectivity index is 2.95. The van der Waals surface area contributed by atoms with Crippen LogP contribution in [0.3, 0.4) is 0 Å². The van der Waals surface area contributed by atoms with E-state index in [4.69, 9.17) is 11.6 Å². The summed E-state index contributed by atoms with van der Waals surface area (Å²) in [5.74, 6) is 0.546. The molecule has 0 bridgehead atoms. The van der Waals surface area contributed by atoms with Crippen molar-refractivity contribution in [2.24, 2.45) is 0 Å². The van der Waals surface area contributed by atoms with E-state index in [-0.39, 0.29) is 0 Å². The molecule has 0 radical (unpaired) electrons. The molecule has 0 spiro atoms. The van der Waals surface area contributed by atoms with Crippen molar-refractivity contribution in [1.29, 1.82) is 0 Å². The number of aryl methyl sites for hydroxylation is 2. The summed E-state index contributed by atoms with van der Waals surface area (Å²) in [6, 6.07) is 4.35. The van der Waals surface area contributed by atoms with Gasteiger partial charge in [0.2, 0.25) is 0 Å². The predicted octanol–water partition coefficient (Wildman–Crippen LogP) is 5.81. The van der Waals surface area contributed by atoms with Crippen molar-refractivity contribution >= 4 is 11.6 Å². The average Bonchev–Trinajstić information content (AvgIpc) is 2.30. The minimum atomic E-state index is 0.546. The summed E-state index contributed by atoms with van der Waals surface area (Å²) in [7, 11) is 0. The number of benzene rings is 1. The normalized spacial score (nSPS) is 13.2. The maximum absolute atomic E-state index is 6.36. The fraction of sp³-hybridized carbons (Fsp3) is 0.500. The highest BCUT2D eigenvalue weighted by Gasteiger charge is 2.12. The van der Waals surface area contributed by atoms with Crippen LogP contribution < -0.4 is 0 Å². The Hall–Kier alpha value is -0.750. The first-order chi connectivity index (χ1) is 8.10. The van der Waals surface area contributed by atoms with E-state index in [9.17, 15) is 0 Å². The fourth-order valence-electron chi connectivity index (χ4n) is 2.06. The lowest BCUT2D eigenvalue weighted by atomic mass is 9.90. The van der Waals surface area contributed by atoms with E-state index < -0.39 is 0 Å². The molecule has 0 N–H and O–H groups in total. The molecule has 0 aromatic heterocycles. The molecule has 0 fully saturated rings. The summed E-state index contributed by atoms with van der Waals surface area (Å²) in [5.41, 5.74) is 3.91. The first-order valence-corrected chi connectivity index (χ1v) is 6.89. The van der Waals surface area contributed by atoms with Gasteiger partial charge in [-0.1, -0.05) is 43.7 Å². The molecule has 0 heterocycles. The summed E-state index contributed by atoms with van der Waals surface area (Å²) < 4.78 is 0. The Morgan fingerprint density at radius 2 is 1.76 bits per heavy atom. The highest BCUT2D eigenvalue weighted by atomic mass is 35.5. The van der Waals surface area contributed by atoms with Crippen LogP contribution in [0.2, 0.25) is 5.02 Å². The van der Waals surface area contributed by atoms with E-state index in [0.717, 1.165) is 24.3 Å². The molecular weight excluding hydrogens is 228 g/mol. The maximum atomic E-state index is 6.36. The Morgan fingerprint density at radius 3 is 2.35 bits per heavy atom. The van der Waals surface area contributed by atoms with Crippen molar-refractivity contribution in [3.8, 4) is 0 Å². The molecule has 94 valence electrons. The largest absolute Gasteiger partial charge is 0.0888 e. The Labute approximate surface area is 111 Å². The quantitative estimate of drug-likeness (QED) is 0.579. The molecule has 17 heavy (non-hydrogen) atoms. The van der Waals surface area contributed by atoms with Crippen LogP contribution in [0.5, 0.6) is 0 Å².